The van der Waals surface area contributed by atoms with Crippen molar-refractivity contribution in [1.82, 2.24) is 15.6 Å². The first-order chi connectivity index (χ1) is 10.5. The molecule has 1 rings (SSSR count). The maximum absolute atomic E-state index is 11.8. The number of pyridine rings is 1. The Balaban J connectivity index is 2.38. The molecule has 3 N–H and O–H groups in total. The largest absolute Gasteiger partial charge is 0.391 e. The van der Waals surface area contributed by atoms with Crippen LogP contribution in [0.25, 0.3) is 0 Å². The van der Waals surface area contributed by atoms with Gasteiger partial charge in [-0.15, -0.1) is 0 Å². The second-order valence-corrected chi connectivity index (χ2v) is 5.62. The first-order valence-electron chi connectivity index (χ1n) is 7.79. The van der Waals surface area contributed by atoms with Crippen LogP contribution in [0.5, 0.6) is 0 Å². The van der Waals surface area contributed by atoms with Gasteiger partial charge in [-0.25, -0.2) is 9.78 Å². The number of urea groups is 1. The molecule has 6 heteroatoms. The molecule has 0 aliphatic rings. The van der Waals surface area contributed by atoms with E-state index in [1.165, 1.54) is 0 Å². The van der Waals surface area contributed by atoms with Gasteiger partial charge in [0.2, 0.25) is 0 Å². The fourth-order valence-electron chi connectivity index (χ4n) is 2.26. The molecule has 0 saturated carbocycles. The number of aliphatic hydroxyl groups excluding tert-OH is 1. The van der Waals surface area contributed by atoms with E-state index in [2.05, 4.69) is 15.6 Å². The third kappa shape index (κ3) is 5.89. The number of aliphatic hydroxyl groups is 1. The molecule has 2 amide bonds. The van der Waals surface area contributed by atoms with Crippen molar-refractivity contribution in [2.75, 3.05) is 25.5 Å². The van der Waals surface area contributed by atoms with Crippen LogP contribution >= 0.6 is 0 Å². The highest BCUT2D eigenvalue weighted by molar-refractivity contribution is 5.73. The molecule has 1 atom stereocenters. The molecular formula is C16H28N4O2. The number of hydrogen-bond acceptors (Lipinski definition) is 4. The zero-order valence-electron chi connectivity index (χ0n) is 14.0. The summed E-state index contributed by atoms with van der Waals surface area (Å²) in [4.78, 5) is 17.9. The van der Waals surface area contributed by atoms with Crippen LogP contribution < -0.4 is 15.5 Å². The standard InChI is InChI=1S/C16H28N4O2/c1-5-13(6-2)14(21)11-19-16(22)18-10-12-7-8-17-15(9-12)20(3)4/h7-9,13-14,21H,5-6,10-11H2,1-4H3,(H2,18,19,22). The van der Waals surface area contributed by atoms with Crippen molar-refractivity contribution in [2.24, 2.45) is 5.92 Å². The predicted molar refractivity (Wildman–Crippen MR) is 88.9 cm³/mol. The van der Waals surface area contributed by atoms with E-state index in [1.54, 1.807) is 6.20 Å². The Morgan fingerprint density at radius 3 is 2.59 bits per heavy atom. The summed E-state index contributed by atoms with van der Waals surface area (Å²) < 4.78 is 0. The molecule has 0 saturated heterocycles. The molecular weight excluding hydrogens is 280 g/mol. The molecule has 6 nitrogen and oxygen atoms in total. The van der Waals surface area contributed by atoms with Gasteiger partial charge in [-0.3, -0.25) is 0 Å². The molecule has 1 unspecified atom stereocenters. The van der Waals surface area contributed by atoms with Gasteiger partial charge in [0, 0.05) is 33.4 Å². The summed E-state index contributed by atoms with van der Waals surface area (Å²) in [6.07, 6.45) is 3.04. The number of amides is 2. The van der Waals surface area contributed by atoms with E-state index in [1.807, 2.05) is 45.0 Å². The Bertz CT molecular complexity index is 461. The molecule has 0 aliphatic carbocycles. The van der Waals surface area contributed by atoms with E-state index < -0.39 is 6.10 Å². The highest BCUT2D eigenvalue weighted by Gasteiger charge is 2.15. The van der Waals surface area contributed by atoms with Gasteiger partial charge in [0.1, 0.15) is 5.82 Å². The molecule has 0 bridgehead atoms. The first kappa shape index (κ1) is 18.2. The quantitative estimate of drug-likeness (QED) is 0.684. The lowest BCUT2D eigenvalue weighted by atomic mass is 9.97. The number of nitrogens with zero attached hydrogens (tertiary/aromatic N) is 2. The molecule has 0 fully saturated rings. The van der Waals surface area contributed by atoms with Gasteiger partial charge < -0.3 is 20.6 Å². The summed E-state index contributed by atoms with van der Waals surface area (Å²) in [6, 6.07) is 3.53. The number of anilines is 1. The van der Waals surface area contributed by atoms with Crippen LogP contribution in [-0.4, -0.2) is 42.9 Å². The molecule has 0 spiro atoms. The average molecular weight is 308 g/mol. The Hall–Kier alpha value is -1.82. The summed E-state index contributed by atoms with van der Waals surface area (Å²) in [7, 11) is 3.84. The van der Waals surface area contributed by atoms with Crippen LogP contribution in [0.2, 0.25) is 0 Å². The maximum Gasteiger partial charge on any atom is 0.315 e. The monoisotopic (exact) mass is 308 g/mol. The van der Waals surface area contributed by atoms with Crippen molar-refractivity contribution in [3.8, 4) is 0 Å². The SMILES string of the molecule is CCC(CC)C(O)CNC(=O)NCc1ccnc(N(C)C)c1. The maximum atomic E-state index is 11.8. The average Bonchev–Trinajstić information content (AvgIpc) is 2.52. The summed E-state index contributed by atoms with van der Waals surface area (Å²) in [5.74, 6) is 1.08. The van der Waals surface area contributed by atoms with Crippen LogP contribution in [0.1, 0.15) is 32.3 Å². The van der Waals surface area contributed by atoms with Gasteiger partial charge in [0.15, 0.2) is 0 Å². The predicted octanol–water partition coefficient (Wildman–Crippen LogP) is 1.74. The van der Waals surface area contributed by atoms with Crippen LogP contribution in [0, 0.1) is 5.92 Å². The molecule has 1 aromatic heterocycles. The van der Waals surface area contributed by atoms with E-state index in [0.29, 0.717) is 6.54 Å². The third-order valence-corrected chi connectivity index (χ3v) is 3.79. The molecule has 1 heterocycles. The summed E-state index contributed by atoms with van der Waals surface area (Å²) >= 11 is 0. The topological polar surface area (TPSA) is 77.5 Å². The minimum Gasteiger partial charge on any atom is -0.391 e. The number of rotatable bonds is 8. The normalized spacial score (nSPS) is 12.1. The highest BCUT2D eigenvalue weighted by atomic mass is 16.3. The lowest BCUT2D eigenvalue weighted by Crippen LogP contribution is -2.41. The van der Waals surface area contributed by atoms with Gasteiger partial charge in [-0.1, -0.05) is 26.7 Å². The van der Waals surface area contributed by atoms with Gasteiger partial charge in [0.25, 0.3) is 0 Å². The zero-order chi connectivity index (χ0) is 16.5. The Kier molecular flexibility index (Phi) is 7.66. The molecule has 124 valence electrons. The van der Waals surface area contributed by atoms with Crippen LogP contribution in [0.15, 0.2) is 18.3 Å². The van der Waals surface area contributed by atoms with Crippen molar-refractivity contribution in [3.05, 3.63) is 23.9 Å². The lowest BCUT2D eigenvalue weighted by Gasteiger charge is -2.20. The third-order valence-electron chi connectivity index (χ3n) is 3.79. The first-order valence-corrected chi connectivity index (χ1v) is 7.79. The Labute approximate surface area is 132 Å². The molecule has 1 aromatic rings. The van der Waals surface area contributed by atoms with Crippen molar-refractivity contribution in [1.29, 1.82) is 0 Å². The number of hydrogen-bond donors (Lipinski definition) is 3. The van der Waals surface area contributed by atoms with Crippen molar-refractivity contribution < 1.29 is 9.90 Å². The minimum absolute atomic E-state index is 0.225. The number of aromatic nitrogens is 1. The van der Waals surface area contributed by atoms with Crippen molar-refractivity contribution >= 4 is 11.8 Å². The Morgan fingerprint density at radius 2 is 2.00 bits per heavy atom. The molecule has 0 aromatic carbocycles. The fourth-order valence-corrected chi connectivity index (χ4v) is 2.26. The van der Waals surface area contributed by atoms with E-state index in [9.17, 15) is 9.90 Å². The van der Waals surface area contributed by atoms with E-state index in [4.69, 9.17) is 0 Å². The lowest BCUT2D eigenvalue weighted by molar-refractivity contribution is 0.103. The fraction of sp³-hybridized carbons (Fsp3) is 0.625. The summed E-state index contributed by atoms with van der Waals surface area (Å²) in [6.45, 7) is 4.79. The van der Waals surface area contributed by atoms with Crippen LogP contribution in [0.4, 0.5) is 10.6 Å². The van der Waals surface area contributed by atoms with E-state index >= 15 is 0 Å². The van der Waals surface area contributed by atoms with Crippen LogP contribution in [-0.2, 0) is 6.54 Å². The second-order valence-electron chi connectivity index (χ2n) is 5.62. The molecule has 22 heavy (non-hydrogen) atoms. The Morgan fingerprint density at radius 1 is 1.32 bits per heavy atom. The van der Waals surface area contributed by atoms with Crippen LogP contribution in [0.3, 0.4) is 0 Å². The highest BCUT2D eigenvalue weighted by Crippen LogP contribution is 2.12. The number of carbonyl (C=O) groups excluding carboxylic acids is 1. The van der Waals surface area contributed by atoms with E-state index in [-0.39, 0.29) is 18.5 Å². The van der Waals surface area contributed by atoms with Crippen molar-refractivity contribution in [3.63, 3.8) is 0 Å². The minimum atomic E-state index is -0.498. The number of carbonyl (C=O) groups is 1. The molecule has 0 aliphatic heterocycles. The smallest absolute Gasteiger partial charge is 0.315 e. The van der Waals surface area contributed by atoms with Crippen molar-refractivity contribution in [2.45, 2.75) is 39.3 Å². The summed E-state index contributed by atoms with van der Waals surface area (Å²) in [5.41, 5.74) is 0.981. The van der Waals surface area contributed by atoms with E-state index in [0.717, 1.165) is 24.2 Å². The van der Waals surface area contributed by atoms with Gasteiger partial charge >= 0.3 is 6.03 Å². The second kappa shape index (κ2) is 9.25. The summed E-state index contributed by atoms with van der Waals surface area (Å²) in [5, 5.41) is 15.5. The van der Waals surface area contributed by atoms with Gasteiger partial charge in [0.05, 0.1) is 6.10 Å². The molecule has 0 radical (unpaired) electrons. The number of nitrogens with one attached hydrogen (secondary N) is 2. The van der Waals surface area contributed by atoms with Gasteiger partial charge in [-0.2, -0.15) is 0 Å². The van der Waals surface area contributed by atoms with Gasteiger partial charge in [-0.05, 0) is 23.6 Å². The zero-order valence-corrected chi connectivity index (χ0v) is 14.0.